The summed E-state index contributed by atoms with van der Waals surface area (Å²) in [6.45, 7) is 0. The maximum atomic E-state index is 5.61. The molecule has 0 bridgehead atoms. The third-order valence-corrected chi connectivity index (χ3v) is 15.1. The summed E-state index contributed by atoms with van der Waals surface area (Å²) >= 11 is 0. The second kappa shape index (κ2) is 12.6. The minimum atomic E-state index is -0.631. The predicted octanol–water partition coefficient (Wildman–Crippen LogP) is 14.6. The van der Waals surface area contributed by atoms with Crippen molar-refractivity contribution in [1.29, 1.82) is 0 Å². The van der Waals surface area contributed by atoms with Crippen molar-refractivity contribution in [3.8, 4) is 39.5 Å². The Labute approximate surface area is 375 Å². The molecule has 0 amide bonds. The molecule has 0 unspecified atom stereocenters. The van der Waals surface area contributed by atoms with Gasteiger partial charge < -0.3 is 0 Å². The van der Waals surface area contributed by atoms with Gasteiger partial charge in [0.15, 0.2) is 0 Å². The highest BCUT2D eigenvalue weighted by Crippen LogP contribution is 2.68. The van der Waals surface area contributed by atoms with E-state index in [1.165, 1.54) is 82.9 Å². The number of benzene rings is 10. The van der Waals surface area contributed by atoms with E-state index in [2.05, 4.69) is 229 Å². The number of nitrogens with zero attached hydrogens (tertiary/aromatic N) is 3. The van der Waals surface area contributed by atoms with Gasteiger partial charge in [-0.15, -0.1) is 0 Å². The van der Waals surface area contributed by atoms with Gasteiger partial charge in [0.1, 0.15) is 0 Å². The van der Waals surface area contributed by atoms with E-state index in [4.69, 9.17) is 9.97 Å². The van der Waals surface area contributed by atoms with Gasteiger partial charge in [0.2, 0.25) is 5.95 Å². The maximum Gasteiger partial charge on any atom is 0.235 e. The molecule has 3 aliphatic carbocycles. The molecule has 0 saturated carbocycles. The molecular weight excluding hydrogens is 787 g/mol. The summed E-state index contributed by atoms with van der Waals surface area (Å²) in [6, 6.07) is 83.5. The minimum absolute atomic E-state index is 0.601. The largest absolute Gasteiger partial charge is 0.277 e. The van der Waals surface area contributed by atoms with Gasteiger partial charge in [-0.25, -0.2) is 9.97 Å². The molecule has 300 valence electrons. The van der Waals surface area contributed by atoms with E-state index in [1.54, 1.807) is 0 Å². The van der Waals surface area contributed by atoms with E-state index < -0.39 is 10.8 Å². The first-order valence-electron chi connectivity index (χ1n) is 22.6. The highest BCUT2D eigenvalue weighted by atomic mass is 15.2. The molecule has 10 aromatic carbocycles. The Morgan fingerprint density at radius 3 is 1.40 bits per heavy atom. The third-order valence-electron chi connectivity index (χ3n) is 15.1. The quantitative estimate of drug-likeness (QED) is 0.174. The molecule has 15 rings (SSSR count). The molecule has 3 heteroatoms. The van der Waals surface area contributed by atoms with Crippen LogP contribution < -0.4 is 0 Å². The maximum absolute atomic E-state index is 5.61. The van der Waals surface area contributed by atoms with Gasteiger partial charge in [0, 0.05) is 27.1 Å². The molecule has 2 aromatic heterocycles. The molecule has 2 spiro atoms. The van der Waals surface area contributed by atoms with Crippen LogP contribution in [0.3, 0.4) is 0 Å². The summed E-state index contributed by atoms with van der Waals surface area (Å²) in [5.41, 5.74) is 19.5. The fraction of sp³-hybridized carbons (Fsp3) is 0.0323. The molecule has 0 saturated heterocycles. The molecule has 12 aromatic rings. The van der Waals surface area contributed by atoms with Gasteiger partial charge in [0.05, 0.1) is 33.1 Å². The SMILES string of the molecule is c1ccc(-c2nc(-n3c4cc5c(cc4c4ccc6ccccc6c43)C3(c4ccccc4-c4ccccc43)c3ccccc3C53c4ccccc4-c4ccccc43)nc3ccccc23)cc1. The van der Waals surface area contributed by atoms with E-state index in [-0.39, 0.29) is 0 Å². The van der Waals surface area contributed by atoms with Gasteiger partial charge in [-0.3, -0.25) is 4.57 Å². The van der Waals surface area contributed by atoms with E-state index in [0.29, 0.717) is 5.95 Å². The zero-order valence-corrected chi connectivity index (χ0v) is 35.2. The average Bonchev–Trinajstić information content (AvgIpc) is 3.98. The van der Waals surface area contributed by atoms with Crippen molar-refractivity contribution in [3.05, 3.63) is 269 Å². The lowest BCUT2D eigenvalue weighted by Gasteiger charge is -2.49. The van der Waals surface area contributed by atoms with Crippen LogP contribution >= 0.6 is 0 Å². The lowest BCUT2D eigenvalue weighted by molar-refractivity contribution is 0.634. The van der Waals surface area contributed by atoms with Gasteiger partial charge in [0.25, 0.3) is 0 Å². The number of aromatic nitrogens is 3. The Morgan fingerprint density at radius 1 is 0.323 bits per heavy atom. The fourth-order valence-corrected chi connectivity index (χ4v) is 12.7. The Balaban J connectivity index is 1.19. The summed E-state index contributed by atoms with van der Waals surface area (Å²) < 4.78 is 2.39. The van der Waals surface area contributed by atoms with E-state index >= 15 is 0 Å². The zero-order chi connectivity index (χ0) is 42.4. The second-order valence-corrected chi connectivity index (χ2v) is 17.9. The van der Waals surface area contributed by atoms with Crippen molar-refractivity contribution in [2.24, 2.45) is 0 Å². The number of fused-ring (bicyclic) bond motifs is 22. The van der Waals surface area contributed by atoms with Crippen LogP contribution in [0.25, 0.3) is 82.9 Å². The molecular formula is C62H37N3. The highest BCUT2D eigenvalue weighted by Gasteiger charge is 2.59. The summed E-state index contributed by atoms with van der Waals surface area (Å²) in [6.07, 6.45) is 0. The molecule has 65 heavy (non-hydrogen) atoms. The Bertz CT molecular complexity index is 3930. The van der Waals surface area contributed by atoms with Gasteiger partial charge in [-0.05, 0) is 90.3 Å². The van der Waals surface area contributed by atoms with Crippen molar-refractivity contribution in [2.75, 3.05) is 0 Å². The van der Waals surface area contributed by atoms with Crippen LogP contribution in [0.2, 0.25) is 0 Å². The van der Waals surface area contributed by atoms with Crippen LogP contribution in [0.4, 0.5) is 0 Å². The van der Waals surface area contributed by atoms with Gasteiger partial charge in [-0.2, -0.15) is 0 Å². The molecule has 2 heterocycles. The van der Waals surface area contributed by atoms with Crippen LogP contribution in [-0.4, -0.2) is 14.5 Å². The lowest BCUT2D eigenvalue weighted by Crippen LogP contribution is -2.43. The van der Waals surface area contributed by atoms with Gasteiger partial charge >= 0.3 is 0 Å². The average molecular weight is 824 g/mol. The molecule has 0 aliphatic heterocycles. The molecule has 3 nitrogen and oxygen atoms in total. The molecule has 0 N–H and O–H groups in total. The van der Waals surface area contributed by atoms with E-state index in [1.807, 2.05) is 0 Å². The smallest absolute Gasteiger partial charge is 0.235 e. The zero-order valence-electron chi connectivity index (χ0n) is 35.2. The summed E-state index contributed by atoms with van der Waals surface area (Å²) in [5.74, 6) is 0.655. The molecule has 0 fully saturated rings. The van der Waals surface area contributed by atoms with Crippen molar-refractivity contribution in [3.63, 3.8) is 0 Å². The molecule has 0 radical (unpaired) electrons. The Hall–Kier alpha value is -8.40. The summed E-state index contributed by atoms with van der Waals surface area (Å²) in [5, 5.41) is 5.72. The molecule has 0 atom stereocenters. The van der Waals surface area contributed by atoms with Crippen molar-refractivity contribution in [1.82, 2.24) is 14.5 Å². The Kier molecular flexibility index (Phi) is 6.82. The lowest BCUT2D eigenvalue weighted by atomic mass is 9.52. The first kappa shape index (κ1) is 35.1. The fourth-order valence-electron chi connectivity index (χ4n) is 12.7. The number of hydrogen-bond donors (Lipinski definition) is 0. The monoisotopic (exact) mass is 823 g/mol. The number of hydrogen-bond acceptors (Lipinski definition) is 2. The van der Waals surface area contributed by atoms with Crippen LogP contribution in [0, 0.1) is 0 Å². The summed E-state index contributed by atoms with van der Waals surface area (Å²) in [7, 11) is 0. The van der Waals surface area contributed by atoms with Crippen LogP contribution in [-0.2, 0) is 10.8 Å². The van der Waals surface area contributed by atoms with Crippen LogP contribution in [0.15, 0.2) is 224 Å². The highest BCUT2D eigenvalue weighted by molar-refractivity contribution is 6.19. The van der Waals surface area contributed by atoms with Crippen LogP contribution in [0.5, 0.6) is 0 Å². The molecule has 3 aliphatic rings. The van der Waals surface area contributed by atoms with Gasteiger partial charge in [-0.1, -0.05) is 206 Å². The second-order valence-electron chi connectivity index (χ2n) is 17.9. The van der Waals surface area contributed by atoms with Crippen molar-refractivity contribution in [2.45, 2.75) is 10.8 Å². The van der Waals surface area contributed by atoms with E-state index in [9.17, 15) is 0 Å². The van der Waals surface area contributed by atoms with Crippen molar-refractivity contribution < 1.29 is 0 Å². The predicted molar refractivity (Wildman–Crippen MR) is 265 cm³/mol. The number of rotatable bonds is 2. The van der Waals surface area contributed by atoms with E-state index in [0.717, 1.165) is 38.6 Å². The summed E-state index contributed by atoms with van der Waals surface area (Å²) in [4.78, 5) is 11.1. The van der Waals surface area contributed by atoms with Crippen molar-refractivity contribution >= 4 is 43.5 Å². The standard InChI is InChI=1S/C62H37N3/c1-2-19-39(20-3-1)58-46-26-10-17-33-56(46)63-60(64-58)65-57-37-55-54(36-47(57)45-35-34-38-18-4-5-21-40(38)59(45)65)61(48-27-11-6-22-41(48)42-23-7-12-28-49(42)61)52-31-15-16-32-53(52)62(55)50-29-13-8-24-43(50)44-25-9-14-30-51(44)62/h1-37H. The topological polar surface area (TPSA) is 30.7 Å². The third kappa shape index (κ3) is 4.26. The van der Waals surface area contributed by atoms with Crippen LogP contribution in [0.1, 0.15) is 44.5 Å². The first-order chi connectivity index (χ1) is 32.3. The normalized spacial score (nSPS) is 14.4. The first-order valence-corrected chi connectivity index (χ1v) is 22.6. The Morgan fingerprint density at radius 2 is 0.800 bits per heavy atom. The minimum Gasteiger partial charge on any atom is -0.277 e. The number of para-hydroxylation sites is 1.